The molecule has 11 aromatic heterocycles. The number of hydrogen-bond acceptors (Lipinski definition) is 10. The van der Waals surface area contributed by atoms with Gasteiger partial charge in [-0.2, -0.15) is 60.2 Å². The topological polar surface area (TPSA) is 138 Å². The van der Waals surface area contributed by atoms with Crippen LogP contribution in [0.1, 0.15) is 72.3 Å². The SMILES string of the molecule is CC(C)(c1[c-]ccnc1)c1cccc(-c2[c-]c(-c3cccc(-c4ccccn4)n3)cc(C(F)(F)F)c2)c1.Cc1c(F)c(-c2[c-]c(C(C)(C)c3ccccn3)ccc2)nc(-c2ccccn2)c1F.[Pt+2].[Pt+2].[Pt].[Pt].[c-]1c(C[PH+](c2ccccc2)c2ccccc2)cccc1-c1cc(-c2ccccc2)cc(-c2ccccn2)n1.[c-]1c(C[n+]2ccccc2)cccc1-c1[c-]c(-c2ccccn2)cc(-n2cccn2)c1. The van der Waals surface area contributed by atoms with Gasteiger partial charge >= 0.3 is 48.3 Å². The van der Waals surface area contributed by atoms with E-state index >= 15 is 4.39 Å². The maximum absolute atomic E-state index is 15.0. The molecule has 0 spiro atoms. The van der Waals surface area contributed by atoms with Crippen LogP contribution < -0.4 is 15.2 Å². The van der Waals surface area contributed by atoms with Crippen molar-refractivity contribution in [3.05, 3.63) is 507 Å². The van der Waals surface area contributed by atoms with E-state index in [1.54, 1.807) is 110 Å². The van der Waals surface area contributed by atoms with Crippen molar-refractivity contribution in [2.24, 2.45) is 0 Å². The van der Waals surface area contributed by atoms with Gasteiger partial charge in [-0.05, 0) is 143 Å². The molecule has 0 radical (unpaired) electrons. The number of nitrogens with zero attached hydrogens (tertiary/aromatic N) is 12. The molecule has 20 rings (SSSR count). The first-order chi connectivity index (χ1) is 65.8. The van der Waals surface area contributed by atoms with Crippen LogP contribution in [-0.4, -0.2) is 54.6 Å². The number of rotatable bonds is 21. The summed E-state index contributed by atoms with van der Waals surface area (Å²) in [5, 5.41) is 7.21. The molecule has 0 aliphatic heterocycles. The molecule has 696 valence electrons. The molecule has 139 heavy (non-hydrogen) atoms. The Hall–Kier alpha value is -13.5. The number of halogens is 5. The second-order valence-electron chi connectivity index (χ2n) is 32.9. The van der Waals surface area contributed by atoms with E-state index in [1.807, 2.05) is 166 Å². The Morgan fingerprint density at radius 3 is 1.51 bits per heavy atom. The van der Waals surface area contributed by atoms with E-state index in [-0.39, 0.29) is 107 Å². The van der Waals surface area contributed by atoms with Gasteiger partial charge in [0.1, 0.15) is 11.5 Å². The Morgan fingerprint density at radius 1 is 0.360 bits per heavy atom. The van der Waals surface area contributed by atoms with Crippen molar-refractivity contribution in [1.29, 1.82) is 0 Å². The van der Waals surface area contributed by atoms with Crippen LogP contribution in [0.3, 0.4) is 0 Å². The fraction of sp³-hybridized carbons (Fsp3) is 0.0855. The molecule has 22 heteroatoms. The van der Waals surface area contributed by atoms with Crippen LogP contribution in [0.4, 0.5) is 22.0 Å². The Bertz CT molecular complexity index is 7280. The van der Waals surface area contributed by atoms with Crippen molar-refractivity contribution in [3.63, 3.8) is 0 Å². The predicted octanol–water partition coefficient (Wildman–Crippen LogP) is 25.9. The van der Waals surface area contributed by atoms with Crippen molar-refractivity contribution < 1.29 is 111 Å². The quantitative estimate of drug-likeness (QED) is 0.0296. The summed E-state index contributed by atoms with van der Waals surface area (Å²) in [6, 6.07) is 132. The van der Waals surface area contributed by atoms with E-state index < -0.39 is 42.1 Å². The van der Waals surface area contributed by atoms with Crippen molar-refractivity contribution in [3.8, 4) is 118 Å². The third kappa shape index (κ3) is 25.7. The van der Waals surface area contributed by atoms with Crippen LogP contribution in [0.25, 0.3) is 118 Å². The Labute approximate surface area is 865 Å². The third-order valence-electron chi connectivity index (χ3n) is 23.0. The van der Waals surface area contributed by atoms with E-state index in [4.69, 9.17) is 4.98 Å². The smallest absolute Gasteiger partial charge is 0.391 e. The summed E-state index contributed by atoms with van der Waals surface area (Å²) in [6.45, 7) is 10.3. The maximum atomic E-state index is 15.0. The number of benzene rings is 9. The molecule has 0 saturated carbocycles. The maximum Gasteiger partial charge on any atom is 2.00 e. The first-order valence-corrected chi connectivity index (χ1v) is 45.6. The second kappa shape index (κ2) is 48.2. The fourth-order valence-corrected chi connectivity index (χ4v) is 18.2. The number of pyridine rings is 10. The van der Waals surface area contributed by atoms with Gasteiger partial charge < -0.3 is 4.98 Å². The zero-order valence-electron chi connectivity index (χ0n) is 75.7. The zero-order valence-corrected chi connectivity index (χ0v) is 85.8. The van der Waals surface area contributed by atoms with Gasteiger partial charge in [0.05, 0.1) is 53.2 Å². The van der Waals surface area contributed by atoms with Crippen LogP contribution in [0.2, 0.25) is 0 Å². The van der Waals surface area contributed by atoms with Crippen molar-refractivity contribution >= 4 is 18.5 Å². The van der Waals surface area contributed by atoms with Crippen LogP contribution in [0.15, 0.2) is 414 Å². The van der Waals surface area contributed by atoms with Crippen molar-refractivity contribution in [2.75, 3.05) is 0 Å². The van der Waals surface area contributed by atoms with Gasteiger partial charge in [0.2, 0.25) is 0 Å². The van der Waals surface area contributed by atoms with Crippen LogP contribution in [-0.2, 0) is 114 Å². The molecule has 0 bridgehead atoms. The average molecular weight is 2570 g/mol. The summed E-state index contributed by atoms with van der Waals surface area (Å²) in [7, 11) is -1.01. The van der Waals surface area contributed by atoms with Crippen LogP contribution in [0.5, 0.6) is 0 Å². The van der Waals surface area contributed by atoms with E-state index in [0.29, 0.717) is 39.5 Å². The Kier molecular flexibility index (Phi) is 35.7. The first-order valence-electron chi connectivity index (χ1n) is 43.9. The zero-order chi connectivity index (χ0) is 93.1. The van der Waals surface area contributed by atoms with Crippen molar-refractivity contribution in [2.45, 2.75) is 64.3 Å². The molecule has 0 fully saturated rings. The molecule has 0 unspecified atom stereocenters. The van der Waals surface area contributed by atoms with Crippen molar-refractivity contribution in [1.82, 2.24) is 54.6 Å². The standard InChI is InChI=1S/C35H26N2P.C31H22F3N3.C26H19N4.C25H20F2N3.4Pt/c1-4-14-28(15-5-1)30-24-34(37-35(25-30)33-21-10-11-22-36-33)29-16-12-13-27(23-29)26-38(31-17-6-2-7-18-31)32-19-8-3-9-20-32;1-30(2,25-10-7-14-35-20-25)24-9-5-8-21(17-24)22-16-23(19-26(18-22)31(32,33)34)27-12-6-13-29(37-27)28-11-3-4-15-36-28;1-4-13-29(14-5-1)20-21-8-6-9-22(16-21)23-17-24(26-10-2-3-11-27-26)19-25(18-23)30-15-7-12-28-30;1-16-21(26)23(30-24(22(16)27)19-11-4-6-13-28-19)17-9-8-10-18(15-17)25(2,3)20-12-5-7-14-29-20;;;;/h1-22,24-25H,26H2;3-9,11-15,17-20H,1-2H3;1-15,18-19H,20H2;4-14H,1-3H3;;;;/q-1;-2;2*-1;;;2*+2/p+1. The molecular formula is C117H88F5N12PPt4. The first kappa shape index (κ1) is 103. The molecule has 0 atom stereocenters. The number of aromatic nitrogens is 12. The van der Waals surface area contributed by atoms with Gasteiger partial charge in [-0.1, -0.05) is 214 Å². The molecule has 11 heterocycles. The van der Waals surface area contributed by atoms with E-state index in [1.165, 1.54) is 23.1 Å². The summed E-state index contributed by atoms with van der Waals surface area (Å²) in [5.74, 6) is -1.41. The van der Waals surface area contributed by atoms with Gasteiger partial charge in [-0.15, -0.1) is 118 Å². The normalized spacial score (nSPS) is 11.0. The second-order valence-corrected chi connectivity index (χ2v) is 35.4. The molecule has 0 aliphatic rings. The van der Waals surface area contributed by atoms with E-state index in [0.717, 1.165) is 115 Å². The van der Waals surface area contributed by atoms with Gasteiger partial charge in [0.25, 0.3) is 0 Å². The molecule has 0 amide bonds. The van der Waals surface area contributed by atoms with Gasteiger partial charge in [-0.3, -0.25) is 44.6 Å². The predicted molar refractivity (Wildman–Crippen MR) is 527 cm³/mol. The molecule has 9 aromatic carbocycles. The summed E-state index contributed by atoms with van der Waals surface area (Å²) in [4.78, 5) is 40.2. The molecule has 0 saturated heterocycles. The fourth-order valence-electron chi connectivity index (χ4n) is 15.7. The average Bonchev–Trinajstić information content (AvgIpc) is 1.43. The van der Waals surface area contributed by atoms with Crippen LogP contribution >= 0.6 is 7.92 Å². The monoisotopic (exact) mass is 2570 g/mol. The summed E-state index contributed by atoms with van der Waals surface area (Å²) in [6.07, 6.45) is 16.2. The minimum atomic E-state index is -4.53. The third-order valence-corrected chi connectivity index (χ3v) is 25.8. The molecule has 0 N–H and O–H groups in total. The number of alkyl halides is 3. The molecule has 20 aromatic rings. The summed E-state index contributed by atoms with van der Waals surface area (Å²) in [5.41, 5.74) is 18.4. The summed E-state index contributed by atoms with van der Waals surface area (Å²) >= 11 is 0. The van der Waals surface area contributed by atoms with E-state index in [9.17, 15) is 17.6 Å². The van der Waals surface area contributed by atoms with Gasteiger partial charge in [-0.25, -0.2) is 18.9 Å². The summed E-state index contributed by atoms with van der Waals surface area (Å²) < 4.78 is 75.7. The Morgan fingerprint density at radius 2 is 0.878 bits per heavy atom. The minimum absolute atomic E-state index is 0. The van der Waals surface area contributed by atoms with Crippen LogP contribution in [0, 0.1) is 55.0 Å². The van der Waals surface area contributed by atoms with Gasteiger partial charge in [0.15, 0.2) is 24.8 Å². The Balaban J connectivity index is 0.000000156. The largest absolute Gasteiger partial charge is 2.00 e. The molecular weight excluding hydrogens is 2480 g/mol. The molecule has 0 aliphatic carbocycles. The van der Waals surface area contributed by atoms with Gasteiger partial charge in [0, 0.05) is 131 Å². The molecule has 12 nitrogen and oxygen atoms in total. The van der Waals surface area contributed by atoms with E-state index in [2.05, 4.69) is 244 Å². The minimum Gasteiger partial charge on any atom is -0.391 e. The number of hydrogen-bond donors (Lipinski definition) is 0.